The largest absolute Gasteiger partial charge is 0.483 e. The maximum Gasteiger partial charge on any atom is 0.258 e. The van der Waals surface area contributed by atoms with E-state index in [0.717, 1.165) is 39.1 Å². The SMILES string of the molecule is Cc1cccc(OCC(=O)NCc2ccc(-c3nc4ccccc4o3)cc2)c1C. The summed E-state index contributed by atoms with van der Waals surface area (Å²) in [5.74, 6) is 1.17. The van der Waals surface area contributed by atoms with E-state index in [2.05, 4.69) is 10.3 Å². The number of aryl methyl sites for hydroxylation is 1. The molecule has 4 aromatic rings. The number of para-hydroxylation sites is 2. The van der Waals surface area contributed by atoms with E-state index < -0.39 is 0 Å². The molecule has 29 heavy (non-hydrogen) atoms. The number of ether oxygens (including phenoxy) is 1. The van der Waals surface area contributed by atoms with Gasteiger partial charge in [-0.3, -0.25) is 4.79 Å². The van der Waals surface area contributed by atoms with Gasteiger partial charge in [-0.15, -0.1) is 0 Å². The Morgan fingerprint density at radius 2 is 1.79 bits per heavy atom. The number of carbonyl (C=O) groups is 1. The fourth-order valence-electron chi connectivity index (χ4n) is 3.04. The molecule has 3 aromatic carbocycles. The highest BCUT2D eigenvalue weighted by Crippen LogP contribution is 2.24. The van der Waals surface area contributed by atoms with Gasteiger partial charge in [-0.05, 0) is 60.9 Å². The van der Waals surface area contributed by atoms with E-state index >= 15 is 0 Å². The van der Waals surface area contributed by atoms with Crippen molar-refractivity contribution in [1.29, 1.82) is 0 Å². The molecule has 0 aliphatic rings. The Hall–Kier alpha value is -3.60. The summed E-state index contributed by atoms with van der Waals surface area (Å²) in [5, 5.41) is 2.88. The summed E-state index contributed by atoms with van der Waals surface area (Å²) in [6.45, 7) is 4.43. The molecule has 5 nitrogen and oxygen atoms in total. The third kappa shape index (κ3) is 4.29. The Balaban J connectivity index is 1.33. The summed E-state index contributed by atoms with van der Waals surface area (Å²) in [6.07, 6.45) is 0. The minimum Gasteiger partial charge on any atom is -0.483 e. The quantitative estimate of drug-likeness (QED) is 0.517. The first-order valence-corrected chi connectivity index (χ1v) is 9.51. The molecule has 4 rings (SSSR count). The van der Waals surface area contributed by atoms with Gasteiger partial charge in [0.05, 0.1) is 0 Å². The first kappa shape index (κ1) is 18.7. The number of carbonyl (C=O) groups excluding carboxylic acids is 1. The number of nitrogens with one attached hydrogen (secondary N) is 1. The minimum absolute atomic E-state index is 0.00865. The van der Waals surface area contributed by atoms with Crippen molar-refractivity contribution in [1.82, 2.24) is 10.3 Å². The topological polar surface area (TPSA) is 64.4 Å². The van der Waals surface area contributed by atoms with Gasteiger partial charge in [-0.1, -0.05) is 36.4 Å². The van der Waals surface area contributed by atoms with Gasteiger partial charge in [0.25, 0.3) is 5.91 Å². The summed E-state index contributed by atoms with van der Waals surface area (Å²) in [5.41, 5.74) is 5.68. The molecule has 0 aliphatic carbocycles. The molecular formula is C24H22N2O3. The molecule has 0 radical (unpaired) electrons. The van der Waals surface area contributed by atoms with Gasteiger partial charge in [0.15, 0.2) is 12.2 Å². The van der Waals surface area contributed by atoms with Crippen molar-refractivity contribution in [2.24, 2.45) is 0 Å². The van der Waals surface area contributed by atoms with Crippen LogP contribution in [0.25, 0.3) is 22.6 Å². The molecule has 1 amide bonds. The van der Waals surface area contributed by atoms with Gasteiger partial charge >= 0.3 is 0 Å². The maximum atomic E-state index is 12.1. The molecule has 0 fully saturated rings. The fraction of sp³-hybridized carbons (Fsp3) is 0.167. The third-order valence-corrected chi connectivity index (χ3v) is 4.90. The van der Waals surface area contributed by atoms with Gasteiger partial charge in [0.2, 0.25) is 5.89 Å². The molecular weight excluding hydrogens is 364 g/mol. The first-order valence-electron chi connectivity index (χ1n) is 9.51. The molecule has 5 heteroatoms. The smallest absolute Gasteiger partial charge is 0.258 e. The number of aromatic nitrogens is 1. The average Bonchev–Trinajstić information content (AvgIpc) is 3.18. The number of benzene rings is 3. The number of hydrogen-bond donors (Lipinski definition) is 1. The van der Waals surface area contributed by atoms with Gasteiger partial charge in [0.1, 0.15) is 11.3 Å². The van der Waals surface area contributed by atoms with Crippen molar-refractivity contribution >= 4 is 17.0 Å². The Morgan fingerprint density at radius 1 is 1.00 bits per heavy atom. The molecule has 0 atom stereocenters. The number of oxazole rings is 1. The summed E-state index contributed by atoms with van der Waals surface area (Å²) in [4.78, 5) is 16.6. The van der Waals surface area contributed by atoms with Crippen LogP contribution in [0.1, 0.15) is 16.7 Å². The highest BCUT2D eigenvalue weighted by Gasteiger charge is 2.09. The van der Waals surface area contributed by atoms with Crippen LogP contribution in [0, 0.1) is 13.8 Å². The van der Waals surface area contributed by atoms with Crippen molar-refractivity contribution in [3.05, 3.63) is 83.4 Å². The zero-order chi connectivity index (χ0) is 20.2. The fourth-order valence-corrected chi connectivity index (χ4v) is 3.04. The second kappa shape index (κ2) is 8.19. The normalized spacial score (nSPS) is 10.8. The van der Waals surface area contributed by atoms with Crippen molar-refractivity contribution < 1.29 is 13.9 Å². The van der Waals surface area contributed by atoms with Crippen LogP contribution in [0.5, 0.6) is 5.75 Å². The molecule has 0 aliphatic heterocycles. The maximum absolute atomic E-state index is 12.1. The lowest BCUT2D eigenvalue weighted by molar-refractivity contribution is -0.123. The first-order chi connectivity index (χ1) is 14.1. The molecule has 0 bridgehead atoms. The highest BCUT2D eigenvalue weighted by molar-refractivity contribution is 5.78. The van der Waals surface area contributed by atoms with Gasteiger partial charge in [0, 0.05) is 12.1 Å². The standard InChI is InChI=1S/C24H22N2O3/c1-16-6-5-9-21(17(16)2)28-15-23(27)25-14-18-10-12-19(13-11-18)24-26-20-7-3-4-8-22(20)29-24/h3-13H,14-15H2,1-2H3,(H,25,27). The summed E-state index contributed by atoms with van der Waals surface area (Å²) >= 11 is 0. The minimum atomic E-state index is -0.158. The van der Waals surface area contributed by atoms with E-state index in [1.54, 1.807) is 0 Å². The third-order valence-electron chi connectivity index (χ3n) is 4.90. The molecule has 146 valence electrons. The van der Waals surface area contributed by atoms with Crippen LogP contribution in [-0.2, 0) is 11.3 Å². The van der Waals surface area contributed by atoms with Crippen molar-refractivity contribution in [3.8, 4) is 17.2 Å². The Labute approximate surface area is 169 Å². The van der Waals surface area contributed by atoms with E-state index in [1.165, 1.54) is 0 Å². The summed E-state index contributed by atoms with van der Waals surface area (Å²) < 4.78 is 11.4. The van der Waals surface area contributed by atoms with E-state index in [-0.39, 0.29) is 12.5 Å². The van der Waals surface area contributed by atoms with Gasteiger partial charge in [-0.2, -0.15) is 0 Å². The van der Waals surface area contributed by atoms with E-state index in [4.69, 9.17) is 9.15 Å². The van der Waals surface area contributed by atoms with Crippen LogP contribution in [0.3, 0.4) is 0 Å². The molecule has 1 aromatic heterocycles. The predicted octanol–water partition coefficient (Wildman–Crippen LogP) is 4.81. The number of nitrogens with zero attached hydrogens (tertiary/aromatic N) is 1. The van der Waals surface area contributed by atoms with Crippen LogP contribution in [0.2, 0.25) is 0 Å². The lowest BCUT2D eigenvalue weighted by Crippen LogP contribution is -2.28. The number of rotatable bonds is 6. The Kier molecular flexibility index (Phi) is 5.29. The zero-order valence-corrected chi connectivity index (χ0v) is 16.4. The van der Waals surface area contributed by atoms with Gasteiger partial charge in [-0.25, -0.2) is 4.98 Å². The zero-order valence-electron chi connectivity index (χ0n) is 16.4. The monoisotopic (exact) mass is 386 g/mol. The van der Waals surface area contributed by atoms with E-state index in [9.17, 15) is 4.79 Å². The van der Waals surface area contributed by atoms with E-state index in [0.29, 0.717) is 12.4 Å². The van der Waals surface area contributed by atoms with Gasteiger partial charge < -0.3 is 14.5 Å². The molecule has 1 heterocycles. The Bertz CT molecular complexity index is 1110. The molecule has 0 spiro atoms. The van der Waals surface area contributed by atoms with Crippen molar-refractivity contribution in [2.75, 3.05) is 6.61 Å². The van der Waals surface area contributed by atoms with Crippen LogP contribution in [0.4, 0.5) is 0 Å². The summed E-state index contributed by atoms with van der Waals surface area (Å²) in [7, 11) is 0. The Morgan fingerprint density at radius 3 is 2.59 bits per heavy atom. The highest BCUT2D eigenvalue weighted by atomic mass is 16.5. The van der Waals surface area contributed by atoms with E-state index in [1.807, 2.05) is 80.6 Å². The second-order valence-corrected chi connectivity index (χ2v) is 6.95. The number of fused-ring (bicyclic) bond motifs is 1. The second-order valence-electron chi connectivity index (χ2n) is 6.95. The van der Waals surface area contributed by atoms with Crippen molar-refractivity contribution in [2.45, 2.75) is 20.4 Å². The van der Waals surface area contributed by atoms with Crippen LogP contribution >= 0.6 is 0 Å². The van der Waals surface area contributed by atoms with Crippen molar-refractivity contribution in [3.63, 3.8) is 0 Å². The molecule has 0 saturated heterocycles. The van der Waals surface area contributed by atoms with Crippen LogP contribution in [-0.4, -0.2) is 17.5 Å². The number of hydrogen-bond acceptors (Lipinski definition) is 4. The number of amides is 1. The lowest BCUT2D eigenvalue weighted by Gasteiger charge is -2.11. The summed E-state index contributed by atoms with van der Waals surface area (Å²) in [6, 6.07) is 21.3. The average molecular weight is 386 g/mol. The molecule has 0 unspecified atom stereocenters. The predicted molar refractivity (Wildman–Crippen MR) is 113 cm³/mol. The van der Waals surface area contributed by atoms with Crippen LogP contribution < -0.4 is 10.1 Å². The molecule has 0 saturated carbocycles. The van der Waals surface area contributed by atoms with Crippen LogP contribution in [0.15, 0.2) is 71.1 Å². The molecule has 1 N–H and O–H groups in total. The lowest BCUT2D eigenvalue weighted by atomic mass is 10.1.